The molecule has 0 aromatic rings. The molecule has 25 heavy (non-hydrogen) atoms. The summed E-state index contributed by atoms with van der Waals surface area (Å²) in [5, 5.41) is 2.79. The predicted molar refractivity (Wildman–Crippen MR) is 97.8 cm³/mol. The highest BCUT2D eigenvalue weighted by Crippen LogP contribution is 2.54. The van der Waals surface area contributed by atoms with Gasteiger partial charge in [0.05, 0.1) is 6.04 Å². The van der Waals surface area contributed by atoms with Crippen LogP contribution >= 0.6 is 0 Å². The van der Waals surface area contributed by atoms with E-state index in [1.165, 1.54) is 24.5 Å². The summed E-state index contributed by atoms with van der Waals surface area (Å²) >= 11 is 0. The van der Waals surface area contributed by atoms with Gasteiger partial charge in [-0.15, -0.1) is 0 Å². The number of halogens is 1. The third-order valence-electron chi connectivity index (χ3n) is 6.96. The quantitative estimate of drug-likeness (QED) is 0.832. The molecule has 0 radical (unpaired) electrons. The minimum Gasteiger partial charge on any atom is -0.359 e. The molecule has 1 heterocycles. The van der Waals surface area contributed by atoms with Gasteiger partial charge in [-0.05, 0) is 67.6 Å². The van der Waals surface area contributed by atoms with E-state index in [0.29, 0.717) is 23.7 Å². The Kier molecular flexibility index (Phi) is 4.38. The van der Waals surface area contributed by atoms with Crippen molar-refractivity contribution in [2.45, 2.75) is 38.6 Å². The summed E-state index contributed by atoms with van der Waals surface area (Å²) in [5.41, 5.74) is 1.37. The van der Waals surface area contributed by atoms with Gasteiger partial charge in [0.2, 0.25) is 5.91 Å². The summed E-state index contributed by atoms with van der Waals surface area (Å²) < 4.78 is 13.8. The van der Waals surface area contributed by atoms with Crippen LogP contribution in [0.4, 0.5) is 4.39 Å². The van der Waals surface area contributed by atoms with Gasteiger partial charge < -0.3 is 5.32 Å². The van der Waals surface area contributed by atoms with Gasteiger partial charge in [-0.2, -0.15) is 0 Å². The molecule has 3 nitrogen and oxygen atoms in total. The summed E-state index contributed by atoms with van der Waals surface area (Å²) in [4.78, 5) is 16.4. The van der Waals surface area contributed by atoms with E-state index in [1.54, 1.807) is 13.1 Å². The first-order valence-corrected chi connectivity index (χ1v) is 9.57. The number of rotatable bonds is 3. The smallest absolute Gasteiger partial charge is 0.222 e. The molecule has 4 heteroatoms. The topological polar surface area (TPSA) is 41.5 Å². The molecule has 1 N–H and O–H groups in total. The van der Waals surface area contributed by atoms with E-state index in [1.807, 2.05) is 12.3 Å². The Labute approximate surface area is 149 Å². The van der Waals surface area contributed by atoms with Crippen LogP contribution in [-0.2, 0) is 4.79 Å². The van der Waals surface area contributed by atoms with E-state index in [4.69, 9.17) is 0 Å². The zero-order chi connectivity index (χ0) is 17.6. The molecule has 1 aliphatic heterocycles. The number of hydrogen-bond acceptors (Lipinski definition) is 2. The predicted octanol–water partition coefficient (Wildman–Crippen LogP) is 3.84. The van der Waals surface area contributed by atoms with Gasteiger partial charge in [0.15, 0.2) is 0 Å². The van der Waals surface area contributed by atoms with E-state index in [0.717, 1.165) is 12.8 Å². The normalized spacial score (nSPS) is 40.1. The number of nitrogens with one attached hydrogen (secondary N) is 1. The zero-order valence-corrected chi connectivity index (χ0v) is 15.0. The number of amides is 1. The Hall–Kier alpha value is -1.71. The monoisotopic (exact) mass is 342 g/mol. The molecule has 134 valence electrons. The highest BCUT2D eigenvalue weighted by atomic mass is 19.1. The van der Waals surface area contributed by atoms with Gasteiger partial charge in [-0.3, -0.25) is 9.79 Å². The number of allylic oxidation sites excluding steroid dienone is 3. The van der Waals surface area contributed by atoms with Gasteiger partial charge in [-0.25, -0.2) is 4.39 Å². The number of aliphatic imine (C=N–C) groups is 1. The fourth-order valence-electron chi connectivity index (χ4n) is 5.61. The summed E-state index contributed by atoms with van der Waals surface area (Å²) in [7, 11) is 1.73. The average molecular weight is 342 g/mol. The van der Waals surface area contributed by atoms with Crippen molar-refractivity contribution < 1.29 is 9.18 Å². The molecule has 0 aromatic carbocycles. The van der Waals surface area contributed by atoms with E-state index in [-0.39, 0.29) is 29.6 Å². The molecule has 0 bridgehead atoms. The Bertz CT molecular complexity index is 663. The molecular weight excluding hydrogens is 315 g/mol. The van der Waals surface area contributed by atoms with Crippen LogP contribution < -0.4 is 5.32 Å². The lowest BCUT2D eigenvalue weighted by atomic mass is 9.77. The number of carbonyl (C=O) groups excluding carboxylic acids is 1. The maximum Gasteiger partial charge on any atom is 0.222 e. The second kappa shape index (κ2) is 6.54. The van der Waals surface area contributed by atoms with Crippen molar-refractivity contribution in [2.75, 3.05) is 7.05 Å². The minimum atomic E-state index is -0.137. The molecule has 1 amide bonds. The van der Waals surface area contributed by atoms with Crippen LogP contribution in [0.2, 0.25) is 0 Å². The van der Waals surface area contributed by atoms with Gasteiger partial charge >= 0.3 is 0 Å². The second-order valence-electron chi connectivity index (χ2n) is 8.21. The fraction of sp³-hybridized carbons (Fsp3) is 0.619. The van der Waals surface area contributed by atoms with E-state index >= 15 is 0 Å². The highest BCUT2D eigenvalue weighted by molar-refractivity contribution is 5.78. The van der Waals surface area contributed by atoms with Crippen molar-refractivity contribution in [3.8, 4) is 0 Å². The lowest BCUT2D eigenvalue weighted by Crippen LogP contribution is -2.30. The third kappa shape index (κ3) is 3.00. The van der Waals surface area contributed by atoms with E-state index < -0.39 is 0 Å². The Morgan fingerprint density at radius 3 is 2.68 bits per heavy atom. The lowest BCUT2D eigenvalue weighted by Gasteiger charge is -2.31. The van der Waals surface area contributed by atoms with Crippen molar-refractivity contribution in [1.82, 2.24) is 5.32 Å². The first-order valence-electron chi connectivity index (χ1n) is 9.57. The van der Waals surface area contributed by atoms with Crippen LogP contribution in [-0.4, -0.2) is 25.2 Å². The van der Waals surface area contributed by atoms with Gasteiger partial charge in [0, 0.05) is 25.1 Å². The Morgan fingerprint density at radius 1 is 1.28 bits per heavy atom. The molecule has 0 spiro atoms. The van der Waals surface area contributed by atoms with Crippen LogP contribution in [0.15, 0.2) is 40.7 Å². The van der Waals surface area contributed by atoms with Gasteiger partial charge in [-0.1, -0.05) is 18.6 Å². The molecule has 4 aliphatic rings. The Balaban J connectivity index is 1.43. The largest absolute Gasteiger partial charge is 0.359 e. The molecule has 3 aliphatic carbocycles. The van der Waals surface area contributed by atoms with E-state index in [9.17, 15) is 9.18 Å². The summed E-state index contributed by atoms with van der Waals surface area (Å²) in [6, 6.07) is 0.0703. The van der Waals surface area contributed by atoms with E-state index in [2.05, 4.69) is 23.3 Å². The minimum absolute atomic E-state index is 0.0703. The standard InChI is InChI=1S/C21H27FN2O/c1-12(21(25)23-2)13-7-14-9-16(10-15(14)8-13)18-5-6-24-20-4-3-17(22)11-19(18)20/h3-6,11-16,19-20H,7-10H2,1-2H3,(H,23,25). The lowest BCUT2D eigenvalue weighted by molar-refractivity contribution is -0.125. The molecule has 4 rings (SSSR count). The molecule has 0 saturated heterocycles. The average Bonchev–Trinajstić information content (AvgIpc) is 3.18. The fourth-order valence-corrected chi connectivity index (χ4v) is 5.61. The van der Waals surface area contributed by atoms with Gasteiger partial charge in [0.25, 0.3) is 0 Å². The molecular formula is C21H27FN2O. The number of nitrogens with zero attached hydrogens (tertiary/aromatic N) is 1. The maximum absolute atomic E-state index is 13.8. The van der Waals surface area contributed by atoms with Crippen LogP contribution in [0.25, 0.3) is 0 Å². The van der Waals surface area contributed by atoms with Crippen molar-refractivity contribution in [2.24, 2.45) is 40.5 Å². The highest BCUT2D eigenvalue weighted by Gasteiger charge is 2.46. The summed E-state index contributed by atoms with van der Waals surface area (Å²) in [5.74, 6) is 2.73. The van der Waals surface area contributed by atoms with Crippen molar-refractivity contribution in [1.29, 1.82) is 0 Å². The number of carbonyl (C=O) groups is 1. The Morgan fingerprint density at radius 2 is 2.00 bits per heavy atom. The molecule has 2 fully saturated rings. The van der Waals surface area contributed by atoms with Gasteiger partial charge in [0.1, 0.15) is 5.83 Å². The first-order chi connectivity index (χ1) is 12.1. The van der Waals surface area contributed by atoms with Crippen LogP contribution in [0.5, 0.6) is 0 Å². The summed E-state index contributed by atoms with van der Waals surface area (Å²) in [6.45, 7) is 2.06. The van der Waals surface area contributed by atoms with Crippen LogP contribution in [0.1, 0.15) is 32.6 Å². The molecule has 2 saturated carbocycles. The number of hydrogen-bond donors (Lipinski definition) is 1. The second-order valence-corrected chi connectivity index (χ2v) is 8.21. The molecule has 5 unspecified atom stereocenters. The SMILES string of the molecule is CNC(=O)C(C)C1CC2CC(C3=CC=NC4C=CC(F)=CC34)CC2C1. The zero-order valence-electron chi connectivity index (χ0n) is 15.0. The molecule has 5 atom stereocenters. The molecule has 0 aromatic heterocycles. The van der Waals surface area contributed by atoms with Crippen molar-refractivity contribution in [3.05, 3.63) is 35.7 Å². The first kappa shape index (κ1) is 16.7. The third-order valence-corrected chi connectivity index (χ3v) is 6.96. The maximum atomic E-state index is 13.8. The van der Waals surface area contributed by atoms with Crippen molar-refractivity contribution in [3.63, 3.8) is 0 Å². The summed E-state index contributed by atoms with van der Waals surface area (Å²) in [6.07, 6.45) is 13.9. The van der Waals surface area contributed by atoms with Crippen molar-refractivity contribution >= 4 is 12.1 Å². The number of dihydropyridines is 1. The van der Waals surface area contributed by atoms with Crippen LogP contribution in [0.3, 0.4) is 0 Å². The van der Waals surface area contributed by atoms with Crippen LogP contribution in [0, 0.1) is 35.5 Å². The number of fused-ring (bicyclic) bond motifs is 2.